The number of aromatic nitrogens is 4. The molecule has 4 rings (SSSR count). The van der Waals surface area contributed by atoms with Gasteiger partial charge >= 0.3 is 0 Å². The van der Waals surface area contributed by atoms with E-state index in [-0.39, 0.29) is 11.9 Å². The number of likely N-dealkylation sites (tertiary alicyclic amines) is 1. The van der Waals surface area contributed by atoms with Crippen molar-refractivity contribution in [3.63, 3.8) is 0 Å². The van der Waals surface area contributed by atoms with Gasteiger partial charge in [0.2, 0.25) is 5.91 Å². The van der Waals surface area contributed by atoms with Crippen LogP contribution in [0.2, 0.25) is 0 Å². The van der Waals surface area contributed by atoms with E-state index in [0.717, 1.165) is 42.8 Å². The zero-order valence-electron chi connectivity index (χ0n) is 14.7. The first-order valence-electron chi connectivity index (χ1n) is 8.83. The van der Waals surface area contributed by atoms with Crippen molar-refractivity contribution in [1.82, 2.24) is 24.5 Å². The Hall–Kier alpha value is -2.96. The van der Waals surface area contributed by atoms with Gasteiger partial charge in [0.05, 0.1) is 25.3 Å². The molecule has 0 aliphatic carbocycles. The number of piperidine rings is 1. The van der Waals surface area contributed by atoms with Gasteiger partial charge in [-0.15, -0.1) is 0 Å². The lowest BCUT2D eigenvalue weighted by Crippen LogP contribution is -2.40. The van der Waals surface area contributed by atoms with Crippen LogP contribution in [0.4, 0.5) is 0 Å². The summed E-state index contributed by atoms with van der Waals surface area (Å²) in [7, 11) is 1.64. The number of nitrogens with zero attached hydrogens (tertiary/aromatic N) is 5. The van der Waals surface area contributed by atoms with Crippen molar-refractivity contribution in [2.75, 3.05) is 13.7 Å². The number of amides is 1. The standard InChI is InChI=1S/C19H21N5O2/c1-26-15-7-5-14(6-8-15)12-18(25)23-11-3-2-4-16(23)17-9-10-20-19-21-13-22-24(17)19/h5-10,13,16H,2-4,11-12H2,1H3/t16-/m1/s1. The van der Waals surface area contributed by atoms with Crippen LogP contribution in [-0.2, 0) is 11.2 Å². The fourth-order valence-corrected chi connectivity index (χ4v) is 3.57. The zero-order valence-corrected chi connectivity index (χ0v) is 14.7. The summed E-state index contributed by atoms with van der Waals surface area (Å²) < 4.78 is 6.92. The molecule has 0 spiro atoms. The third-order valence-electron chi connectivity index (χ3n) is 4.89. The Morgan fingerprint density at radius 1 is 1.19 bits per heavy atom. The van der Waals surface area contributed by atoms with Gasteiger partial charge in [-0.3, -0.25) is 4.79 Å². The molecule has 1 aliphatic heterocycles. The molecule has 0 N–H and O–H groups in total. The number of carbonyl (C=O) groups excluding carboxylic acids is 1. The number of rotatable bonds is 4. The maximum absolute atomic E-state index is 13.0. The Labute approximate surface area is 151 Å². The highest BCUT2D eigenvalue weighted by molar-refractivity contribution is 5.79. The Bertz CT molecular complexity index is 906. The lowest BCUT2D eigenvalue weighted by Gasteiger charge is -2.36. The number of benzene rings is 1. The van der Waals surface area contributed by atoms with E-state index in [4.69, 9.17) is 4.74 Å². The minimum Gasteiger partial charge on any atom is -0.497 e. The predicted octanol–water partition coefficient (Wildman–Crippen LogP) is 2.43. The molecule has 1 fully saturated rings. The molecule has 0 bridgehead atoms. The van der Waals surface area contributed by atoms with Gasteiger partial charge in [-0.2, -0.15) is 14.6 Å². The third kappa shape index (κ3) is 3.12. The van der Waals surface area contributed by atoms with Crippen molar-refractivity contribution >= 4 is 11.7 Å². The Morgan fingerprint density at radius 3 is 2.85 bits per heavy atom. The summed E-state index contributed by atoms with van der Waals surface area (Å²) in [5.74, 6) is 1.49. The van der Waals surface area contributed by atoms with E-state index in [9.17, 15) is 4.79 Å². The molecule has 0 saturated carbocycles. The summed E-state index contributed by atoms with van der Waals surface area (Å²) >= 11 is 0. The predicted molar refractivity (Wildman–Crippen MR) is 95.8 cm³/mol. The highest BCUT2D eigenvalue weighted by Gasteiger charge is 2.30. The van der Waals surface area contributed by atoms with Crippen molar-refractivity contribution in [3.8, 4) is 5.75 Å². The van der Waals surface area contributed by atoms with Gasteiger partial charge in [0, 0.05) is 12.7 Å². The quantitative estimate of drug-likeness (QED) is 0.722. The van der Waals surface area contributed by atoms with Crippen LogP contribution in [0.15, 0.2) is 42.9 Å². The van der Waals surface area contributed by atoms with Gasteiger partial charge in [0.1, 0.15) is 12.1 Å². The first-order valence-corrected chi connectivity index (χ1v) is 8.83. The third-order valence-corrected chi connectivity index (χ3v) is 4.89. The van der Waals surface area contributed by atoms with E-state index in [2.05, 4.69) is 15.1 Å². The summed E-state index contributed by atoms with van der Waals surface area (Å²) in [6.07, 6.45) is 6.66. The number of hydrogen-bond donors (Lipinski definition) is 0. The average molecular weight is 351 g/mol. The van der Waals surface area contributed by atoms with Gasteiger partial charge in [-0.05, 0) is 43.0 Å². The number of carbonyl (C=O) groups is 1. The SMILES string of the molecule is COc1ccc(CC(=O)N2CCCC[C@@H]2c2ccnc3ncnn23)cc1. The highest BCUT2D eigenvalue weighted by Crippen LogP contribution is 2.31. The Morgan fingerprint density at radius 2 is 2.04 bits per heavy atom. The second-order valence-electron chi connectivity index (χ2n) is 6.47. The molecule has 7 heteroatoms. The molecule has 1 amide bonds. The normalized spacial score (nSPS) is 17.4. The zero-order chi connectivity index (χ0) is 17.9. The van der Waals surface area contributed by atoms with E-state index in [0.29, 0.717) is 12.2 Å². The second-order valence-corrected chi connectivity index (χ2v) is 6.47. The van der Waals surface area contributed by atoms with Crippen molar-refractivity contribution in [2.24, 2.45) is 0 Å². The molecule has 0 unspecified atom stereocenters. The molecule has 7 nitrogen and oxygen atoms in total. The van der Waals surface area contributed by atoms with Gasteiger partial charge < -0.3 is 9.64 Å². The molecule has 2 aromatic heterocycles. The fourth-order valence-electron chi connectivity index (χ4n) is 3.57. The van der Waals surface area contributed by atoms with Crippen LogP contribution in [0.1, 0.15) is 36.6 Å². The van der Waals surface area contributed by atoms with Crippen LogP contribution >= 0.6 is 0 Å². The fraction of sp³-hybridized carbons (Fsp3) is 0.368. The second kappa shape index (κ2) is 7.11. The van der Waals surface area contributed by atoms with Crippen LogP contribution in [0.25, 0.3) is 5.78 Å². The highest BCUT2D eigenvalue weighted by atomic mass is 16.5. The van der Waals surface area contributed by atoms with Crippen LogP contribution in [-0.4, -0.2) is 44.0 Å². The lowest BCUT2D eigenvalue weighted by molar-refractivity contribution is -0.134. The molecule has 1 saturated heterocycles. The van der Waals surface area contributed by atoms with E-state index >= 15 is 0 Å². The summed E-state index contributed by atoms with van der Waals surface area (Å²) in [4.78, 5) is 23.4. The van der Waals surface area contributed by atoms with Crippen molar-refractivity contribution in [1.29, 1.82) is 0 Å². The monoisotopic (exact) mass is 351 g/mol. The molecule has 3 aromatic rings. The van der Waals surface area contributed by atoms with Crippen molar-refractivity contribution < 1.29 is 9.53 Å². The van der Waals surface area contributed by atoms with E-state index in [1.54, 1.807) is 17.8 Å². The smallest absolute Gasteiger partial charge is 0.252 e. The van der Waals surface area contributed by atoms with Gasteiger partial charge in [0.25, 0.3) is 5.78 Å². The van der Waals surface area contributed by atoms with Crippen LogP contribution in [0.3, 0.4) is 0 Å². The summed E-state index contributed by atoms with van der Waals surface area (Å²) in [6, 6.07) is 9.60. The molecule has 3 heterocycles. The van der Waals surface area contributed by atoms with E-state index in [1.165, 1.54) is 6.33 Å². The maximum atomic E-state index is 13.0. The van der Waals surface area contributed by atoms with Crippen LogP contribution in [0, 0.1) is 0 Å². The molecule has 134 valence electrons. The van der Waals surface area contributed by atoms with E-state index in [1.807, 2.05) is 35.2 Å². The lowest BCUT2D eigenvalue weighted by atomic mass is 9.98. The molecule has 1 atom stereocenters. The molecule has 1 aromatic carbocycles. The maximum Gasteiger partial charge on any atom is 0.252 e. The first kappa shape index (κ1) is 16.5. The largest absolute Gasteiger partial charge is 0.497 e. The molecular weight excluding hydrogens is 330 g/mol. The summed E-state index contributed by atoms with van der Waals surface area (Å²) in [6.45, 7) is 0.762. The minimum absolute atomic E-state index is 0.00157. The molecule has 0 radical (unpaired) electrons. The Balaban J connectivity index is 1.58. The van der Waals surface area contributed by atoms with E-state index < -0.39 is 0 Å². The first-order chi connectivity index (χ1) is 12.8. The molecular formula is C19H21N5O2. The minimum atomic E-state index is 0.00157. The molecule has 26 heavy (non-hydrogen) atoms. The van der Waals surface area contributed by atoms with Crippen LogP contribution < -0.4 is 4.74 Å². The van der Waals surface area contributed by atoms with Crippen molar-refractivity contribution in [2.45, 2.75) is 31.7 Å². The van der Waals surface area contributed by atoms with Gasteiger partial charge in [-0.1, -0.05) is 12.1 Å². The van der Waals surface area contributed by atoms with Crippen LogP contribution in [0.5, 0.6) is 5.75 Å². The number of fused-ring (bicyclic) bond motifs is 1. The average Bonchev–Trinajstić information content (AvgIpc) is 3.17. The summed E-state index contributed by atoms with van der Waals surface area (Å²) in [5.41, 5.74) is 1.95. The van der Waals surface area contributed by atoms with Gasteiger partial charge in [-0.25, -0.2) is 4.98 Å². The topological polar surface area (TPSA) is 72.6 Å². The van der Waals surface area contributed by atoms with Crippen molar-refractivity contribution in [3.05, 3.63) is 54.1 Å². The van der Waals surface area contributed by atoms with Gasteiger partial charge in [0.15, 0.2) is 0 Å². The number of ether oxygens (including phenoxy) is 1. The Kier molecular flexibility index (Phi) is 4.51. The number of hydrogen-bond acceptors (Lipinski definition) is 5. The molecule has 1 aliphatic rings. The number of methoxy groups -OCH3 is 1. The summed E-state index contributed by atoms with van der Waals surface area (Å²) in [5, 5.41) is 4.28.